The molecule has 8 heteroatoms. The van der Waals surface area contributed by atoms with Crippen molar-refractivity contribution in [2.45, 2.75) is 30.6 Å². The molecule has 0 aliphatic carbocycles. The normalized spacial score (nSPS) is 39.4. The Balaban J connectivity index is 2.67. The molecule has 1 fully saturated rings. The lowest BCUT2D eigenvalue weighted by atomic mass is 9.97. The first-order chi connectivity index (χ1) is 7.51. The molecule has 1 rings (SSSR count). The summed E-state index contributed by atoms with van der Waals surface area (Å²) in [6, 6.07) is -1.25. The molecule has 1 aliphatic rings. The van der Waals surface area contributed by atoms with Crippen LogP contribution in [0.3, 0.4) is 0 Å². The summed E-state index contributed by atoms with van der Waals surface area (Å²) < 4.78 is 4.78. The average Bonchev–Trinajstić information content (AvgIpc) is 2.28. The second kappa shape index (κ2) is 5.53. The standard InChI is InChI=1S/C8H15NO7/c10-1-3-6(13)7(14)5(8(15)16-3)9-4(12)2-11/h3,5-8,10-11,13-15H,1-2H2,(H,9,12)/t3?,5-,6-,7-,8+/m1/s1. The highest BCUT2D eigenvalue weighted by molar-refractivity contribution is 5.77. The van der Waals surface area contributed by atoms with Crippen molar-refractivity contribution in [3.63, 3.8) is 0 Å². The van der Waals surface area contributed by atoms with Gasteiger partial charge in [0.2, 0.25) is 5.91 Å². The number of hydrogen-bond donors (Lipinski definition) is 6. The fraction of sp³-hybridized carbons (Fsp3) is 0.875. The van der Waals surface area contributed by atoms with Crippen molar-refractivity contribution in [1.82, 2.24) is 5.32 Å². The van der Waals surface area contributed by atoms with Gasteiger partial charge in [0, 0.05) is 0 Å². The molecule has 1 amide bonds. The Morgan fingerprint density at radius 1 is 1.19 bits per heavy atom. The average molecular weight is 237 g/mol. The molecule has 0 bridgehead atoms. The number of aliphatic hydroxyl groups excluding tert-OH is 5. The monoisotopic (exact) mass is 237 g/mol. The second-order valence-corrected chi connectivity index (χ2v) is 3.48. The number of amides is 1. The predicted molar refractivity (Wildman–Crippen MR) is 49.0 cm³/mol. The van der Waals surface area contributed by atoms with E-state index in [2.05, 4.69) is 5.32 Å². The lowest BCUT2D eigenvalue weighted by molar-refractivity contribution is -0.254. The summed E-state index contributed by atoms with van der Waals surface area (Å²) in [4.78, 5) is 10.9. The molecule has 0 saturated carbocycles. The minimum Gasteiger partial charge on any atom is -0.394 e. The maximum Gasteiger partial charge on any atom is 0.246 e. The molecule has 1 heterocycles. The van der Waals surface area contributed by atoms with Gasteiger partial charge in [-0.15, -0.1) is 0 Å². The number of hydrogen-bond acceptors (Lipinski definition) is 7. The molecule has 0 aromatic heterocycles. The number of carbonyl (C=O) groups is 1. The minimum atomic E-state index is -1.56. The van der Waals surface area contributed by atoms with E-state index in [-0.39, 0.29) is 0 Å². The van der Waals surface area contributed by atoms with Crippen LogP contribution in [-0.4, -0.2) is 75.3 Å². The molecule has 0 spiro atoms. The van der Waals surface area contributed by atoms with Crippen LogP contribution in [0.25, 0.3) is 0 Å². The zero-order valence-electron chi connectivity index (χ0n) is 8.35. The van der Waals surface area contributed by atoms with E-state index >= 15 is 0 Å². The Morgan fingerprint density at radius 3 is 2.31 bits per heavy atom. The maximum absolute atomic E-state index is 10.9. The SMILES string of the molecule is O=C(CO)N[C@@H]1[C@@H](O)[C@H](O)C(CO)O[C@@H]1O. The molecule has 1 saturated heterocycles. The van der Waals surface area contributed by atoms with E-state index in [0.29, 0.717) is 0 Å². The van der Waals surface area contributed by atoms with Crippen molar-refractivity contribution >= 4 is 5.91 Å². The largest absolute Gasteiger partial charge is 0.394 e. The van der Waals surface area contributed by atoms with Crippen LogP contribution in [0.4, 0.5) is 0 Å². The molecule has 6 N–H and O–H groups in total. The smallest absolute Gasteiger partial charge is 0.246 e. The summed E-state index contributed by atoms with van der Waals surface area (Å²) in [7, 11) is 0. The Morgan fingerprint density at radius 2 is 1.81 bits per heavy atom. The summed E-state index contributed by atoms with van der Waals surface area (Å²) >= 11 is 0. The van der Waals surface area contributed by atoms with E-state index in [4.69, 9.17) is 14.9 Å². The van der Waals surface area contributed by atoms with Crippen molar-refractivity contribution in [2.75, 3.05) is 13.2 Å². The summed E-state index contributed by atoms with van der Waals surface area (Å²) in [5, 5.41) is 47.8. The van der Waals surface area contributed by atoms with Crippen LogP contribution < -0.4 is 5.32 Å². The third kappa shape index (κ3) is 2.67. The van der Waals surface area contributed by atoms with Crippen molar-refractivity contribution in [2.24, 2.45) is 0 Å². The van der Waals surface area contributed by atoms with Crippen LogP contribution >= 0.6 is 0 Å². The van der Waals surface area contributed by atoms with Gasteiger partial charge in [-0.2, -0.15) is 0 Å². The molecule has 94 valence electrons. The van der Waals surface area contributed by atoms with Gasteiger partial charge < -0.3 is 35.6 Å². The van der Waals surface area contributed by atoms with Gasteiger partial charge in [0.1, 0.15) is 31.0 Å². The number of nitrogens with one attached hydrogen (secondary N) is 1. The second-order valence-electron chi connectivity index (χ2n) is 3.48. The van der Waals surface area contributed by atoms with E-state index in [9.17, 15) is 20.1 Å². The van der Waals surface area contributed by atoms with Crippen molar-refractivity contribution in [3.8, 4) is 0 Å². The maximum atomic E-state index is 10.9. The molecular formula is C8H15NO7. The number of ether oxygens (including phenoxy) is 1. The highest BCUT2D eigenvalue weighted by atomic mass is 16.6. The molecule has 1 aliphatic heterocycles. The molecule has 0 radical (unpaired) electrons. The van der Waals surface area contributed by atoms with E-state index < -0.39 is 49.8 Å². The summed E-state index contributed by atoms with van der Waals surface area (Å²) in [5.41, 5.74) is 0. The van der Waals surface area contributed by atoms with Gasteiger partial charge in [-0.3, -0.25) is 4.79 Å². The van der Waals surface area contributed by atoms with Gasteiger partial charge in [0.15, 0.2) is 6.29 Å². The van der Waals surface area contributed by atoms with Gasteiger partial charge in [0.25, 0.3) is 0 Å². The topological polar surface area (TPSA) is 139 Å². The van der Waals surface area contributed by atoms with E-state index in [1.54, 1.807) is 0 Å². The minimum absolute atomic E-state index is 0.573. The number of rotatable bonds is 3. The van der Waals surface area contributed by atoms with E-state index in [1.807, 2.05) is 0 Å². The fourth-order valence-corrected chi connectivity index (χ4v) is 1.48. The lowest BCUT2D eigenvalue weighted by Crippen LogP contribution is -2.64. The van der Waals surface area contributed by atoms with Crippen LogP contribution in [0, 0.1) is 0 Å². The zero-order chi connectivity index (χ0) is 12.3. The highest BCUT2D eigenvalue weighted by Crippen LogP contribution is 2.19. The molecule has 0 aromatic rings. The first-order valence-electron chi connectivity index (χ1n) is 4.72. The van der Waals surface area contributed by atoms with E-state index in [0.717, 1.165) is 0 Å². The van der Waals surface area contributed by atoms with Gasteiger partial charge >= 0.3 is 0 Å². The molecule has 0 aromatic carbocycles. The molecule has 5 atom stereocenters. The Kier molecular flexibility index (Phi) is 4.59. The van der Waals surface area contributed by atoms with Crippen molar-refractivity contribution in [1.29, 1.82) is 0 Å². The Hall–Kier alpha value is -0.770. The van der Waals surface area contributed by atoms with Crippen LogP contribution in [0.5, 0.6) is 0 Å². The first kappa shape index (κ1) is 13.3. The molecule has 8 nitrogen and oxygen atoms in total. The lowest BCUT2D eigenvalue weighted by Gasteiger charge is -2.40. The number of carbonyl (C=O) groups excluding carboxylic acids is 1. The summed E-state index contributed by atoms with van der Waals surface area (Å²) in [6.45, 7) is -1.38. The zero-order valence-corrected chi connectivity index (χ0v) is 8.35. The third-order valence-electron chi connectivity index (χ3n) is 2.37. The van der Waals surface area contributed by atoms with Crippen LogP contribution in [0.15, 0.2) is 0 Å². The van der Waals surface area contributed by atoms with Crippen molar-refractivity contribution < 1.29 is 35.1 Å². The fourth-order valence-electron chi connectivity index (χ4n) is 1.48. The summed E-state index contributed by atoms with van der Waals surface area (Å²) in [6.07, 6.45) is -5.60. The Bertz CT molecular complexity index is 249. The van der Waals surface area contributed by atoms with Gasteiger partial charge in [-0.25, -0.2) is 0 Å². The quantitative estimate of drug-likeness (QED) is 0.293. The highest BCUT2D eigenvalue weighted by Gasteiger charge is 2.44. The van der Waals surface area contributed by atoms with Crippen LogP contribution in [0.2, 0.25) is 0 Å². The van der Waals surface area contributed by atoms with E-state index in [1.165, 1.54) is 0 Å². The molecular weight excluding hydrogens is 222 g/mol. The Labute approximate surface area is 91.1 Å². The molecule has 1 unspecified atom stereocenters. The van der Waals surface area contributed by atoms with Gasteiger partial charge in [0.05, 0.1) is 6.61 Å². The molecule has 16 heavy (non-hydrogen) atoms. The summed E-state index contributed by atoms with van der Waals surface area (Å²) in [5.74, 6) is -0.818. The van der Waals surface area contributed by atoms with Crippen LogP contribution in [-0.2, 0) is 9.53 Å². The van der Waals surface area contributed by atoms with Crippen LogP contribution in [0.1, 0.15) is 0 Å². The number of aliphatic hydroxyl groups is 5. The van der Waals surface area contributed by atoms with Gasteiger partial charge in [-0.1, -0.05) is 0 Å². The third-order valence-corrected chi connectivity index (χ3v) is 2.37. The van der Waals surface area contributed by atoms with Crippen molar-refractivity contribution in [3.05, 3.63) is 0 Å². The predicted octanol–water partition coefficient (Wildman–Crippen LogP) is -4.11. The van der Waals surface area contributed by atoms with Gasteiger partial charge in [-0.05, 0) is 0 Å². The first-order valence-corrected chi connectivity index (χ1v) is 4.72.